The van der Waals surface area contributed by atoms with E-state index in [1.807, 2.05) is 12.3 Å². The molecule has 0 radical (unpaired) electrons. The SMILES string of the molecule is Cc1cccnc1CNC1CCSCC1. The van der Waals surface area contributed by atoms with E-state index in [-0.39, 0.29) is 0 Å². The third-order valence-corrected chi connectivity index (χ3v) is 3.95. The summed E-state index contributed by atoms with van der Waals surface area (Å²) in [7, 11) is 0. The van der Waals surface area contributed by atoms with Crippen LogP contribution in [0.4, 0.5) is 0 Å². The Labute approximate surface area is 95.9 Å². The molecule has 82 valence electrons. The molecule has 2 rings (SSSR count). The van der Waals surface area contributed by atoms with Crippen LogP contribution in [-0.2, 0) is 6.54 Å². The second-order valence-electron chi connectivity index (χ2n) is 4.03. The van der Waals surface area contributed by atoms with E-state index >= 15 is 0 Å². The van der Waals surface area contributed by atoms with E-state index in [0.29, 0.717) is 6.04 Å². The highest BCUT2D eigenvalue weighted by Crippen LogP contribution is 2.17. The zero-order valence-corrected chi connectivity index (χ0v) is 10.0. The minimum atomic E-state index is 0.702. The number of hydrogen-bond acceptors (Lipinski definition) is 3. The van der Waals surface area contributed by atoms with Gasteiger partial charge in [0.15, 0.2) is 0 Å². The zero-order valence-electron chi connectivity index (χ0n) is 9.20. The summed E-state index contributed by atoms with van der Waals surface area (Å²) < 4.78 is 0. The van der Waals surface area contributed by atoms with Crippen LogP contribution < -0.4 is 5.32 Å². The fourth-order valence-electron chi connectivity index (χ4n) is 1.85. The Morgan fingerprint density at radius 2 is 2.27 bits per heavy atom. The maximum absolute atomic E-state index is 4.39. The third-order valence-electron chi connectivity index (χ3n) is 2.90. The van der Waals surface area contributed by atoms with Crippen LogP contribution in [-0.4, -0.2) is 22.5 Å². The Bertz CT molecular complexity index is 308. The summed E-state index contributed by atoms with van der Waals surface area (Å²) in [6.07, 6.45) is 4.48. The van der Waals surface area contributed by atoms with Crippen molar-refractivity contribution >= 4 is 11.8 Å². The van der Waals surface area contributed by atoms with Gasteiger partial charge in [-0.15, -0.1) is 0 Å². The highest BCUT2D eigenvalue weighted by atomic mass is 32.2. The monoisotopic (exact) mass is 222 g/mol. The molecule has 0 unspecified atom stereocenters. The van der Waals surface area contributed by atoms with Crippen molar-refractivity contribution in [1.82, 2.24) is 10.3 Å². The Kier molecular flexibility index (Phi) is 4.03. The van der Waals surface area contributed by atoms with Gasteiger partial charge in [0.2, 0.25) is 0 Å². The lowest BCUT2D eigenvalue weighted by Gasteiger charge is -2.22. The van der Waals surface area contributed by atoms with Crippen LogP contribution in [0.5, 0.6) is 0 Å². The minimum Gasteiger partial charge on any atom is -0.308 e. The number of aromatic nitrogens is 1. The van der Waals surface area contributed by atoms with Gasteiger partial charge in [0.1, 0.15) is 0 Å². The van der Waals surface area contributed by atoms with Crippen molar-refractivity contribution in [3.8, 4) is 0 Å². The summed E-state index contributed by atoms with van der Waals surface area (Å²) in [6, 6.07) is 4.82. The molecule has 0 spiro atoms. The molecule has 0 aromatic carbocycles. The number of pyridine rings is 1. The molecule has 1 aromatic rings. The fraction of sp³-hybridized carbons (Fsp3) is 0.583. The molecule has 15 heavy (non-hydrogen) atoms. The zero-order chi connectivity index (χ0) is 10.5. The van der Waals surface area contributed by atoms with Gasteiger partial charge in [-0.05, 0) is 42.9 Å². The molecular weight excluding hydrogens is 204 g/mol. The molecule has 2 nitrogen and oxygen atoms in total. The van der Waals surface area contributed by atoms with Crippen molar-refractivity contribution in [2.24, 2.45) is 0 Å². The van der Waals surface area contributed by atoms with Crippen LogP contribution in [0.15, 0.2) is 18.3 Å². The molecule has 3 heteroatoms. The van der Waals surface area contributed by atoms with E-state index in [9.17, 15) is 0 Å². The number of nitrogens with zero attached hydrogens (tertiary/aromatic N) is 1. The summed E-state index contributed by atoms with van der Waals surface area (Å²) in [6.45, 7) is 3.04. The maximum atomic E-state index is 4.39. The van der Waals surface area contributed by atoms with Gasteiger partial charge in [0, 0.05) is 18.8 Å². The van der Waals surface area contributed by atoms with Gasteiger partial charge >= 0.3 is 0 Å². The van der Waals surface area contributed by atoms with Gasteiger partial charge in [-0.3, -0.25) is 4.98 Å². The van der Waals surface area contributed by atoms with Gasteiger partial charge in [-0.1, -0.05) is 6.07 Å². The van der Waals surface area contributed by atoms with E-state index in [2.05, 4.69) is 35.1 Å². The van der Waals surface area contributed by atoms with Crippen molar-refractivity contribution in [2.75, 3.05) is 11.5 Å². The first-order valence-corrected chi connectivity index (χ1v) is 6.73. The first kappa shape index (κ1) is 11.0. The topological polar surface area (TPSA) is 24.9 Å². The summed E-state index contributed by atoms with van der Waals surface area (Å²) in [5.41, 5.74) is 2.48. The van der Waals surface area contributed by atoms with Crippen LogP contribution in [0, 0.1) is 6.92 Å². The summed E-state index contributed by atoms with van der Waals surface area (Å²) in [4.78, 5) is 4.39. The minimum absolute atomic E-state index is 0.702. The number of rotatable bonds is 3. The summed E-state index contributed by atoms with van der Waals surface area (Å²) in [5.74, 6) is 2.61. The normalized spacial score (nSPS) is 17.9. The van der Waals surface area contributed by atoms with E-state index in [1.165, 1.54) is 35.6 Å². The molecule has 0 saturated carbocycles. The highest BCUT2D eigenvalue weighted by molar-refractivity contribution is 7.99. The lowest BCUT2D eigenvalue weighted by Crippen LogP contribution is -2.32. The van der Waals surface area contributed by atoms with Gasteiger partial charge in [0.05, 0.1) is 5.69 Å². The molecule has 1 aliphatic rings. The van der Waals surface area contributed by atoms with Crippen LogP contribution >= 0.6 is 11.8 Å². The molecule has 1 N–H and O–H groups in total. The molecule has 0 bridgehead atoms. The number of hydrogen-bond donors (Lipinski definition) is 1. The molecule has 0 atom stereocenters. The van der Waals surface area contributed by atoms with Crippen LogP contribution in [0.1, 0.15) is 24.1 Å². The first-order valence-electron chi connectivity index (χ1n) is 5.58. The second kappa shape index (κ2) is 5.52. The molecular formula is C12H18N2S. The molecule has 1 saturated heterocycles. The predicted octanol–water partition coefficient (Wildman–Crippen LogP) is 2.38. The standard InChI is InChI=1S/C12H18N2S/c1-10-3-2-6-13-12(10)9-14-11-4-7-15-8-5-11/h2-3,6,11,14H,4-5,7-9H2,1H3. The Hall–Kier alpha value is -0.540. The van der Waals surface area contributed by atoms with Crippen molar-refractivity contribution in [3.63, 3.8) is 0 Å². The van der Waals surface area contributed by atoms with Crippen molar-refractivity contribution in [2.45, 2.75) is 32.4 Å². The average Bonchev–Trinajstić information content (AvgIpc) is 2.29. The first-order chi connectivity index (χ1) is 7.36. The van der Waals surface area contributed by atoms with Crippen molar-refractivity contribution in [1.29, 1.82) is 0 Å². The van der Waals surface area contributed by atoms with E-state index in [4.69, 9.17) is 0 Å². The lowest BCUT2D eigenvalue weighted by atomic mass is 10.1. The van der Waals surface area contributed by atoms with Crippen LogP contribution in [0.25, 0.3) is 0 Å². The largest absolute Gasteiger partial charge is 0.308 e. The lowest BCUT2D eigenvalue weighted by molar-refractivity contribution is 0.478. The fourth-order valence-corrected chi connectivity index (χ4v) is 2.95. The smallest absolute Gasteiger partial charge is 0.0570 e. The molecule has 1 aliphatic heterocycles. The van der Waals surface area contributed by atoms with E-state index in [1.54, 1.807) is 0 Å². The molecule has 2 heterocycles. The molecule has 0 aliphatic carbocycles. The van der Waals surface area contributed by atoms with Gasteiger partial charge in [0.25, 0.3) is 0 Å². The summed E-state index contributed by atoms with van der Waals surface area (Å²) >= 11 is 2.07. The Balaban J connectivity index is 1.84. The molecule has 1 aromatic heterocycles. The predicted molar refractivity (Wildman–Crippen MR) is 66.2 cm³/mol. The third kappa shape index (κ3) is 3.21. The summed E-state index contributed by atoms with van der Waals surface area (Å²) in [5, 5.41) is 3.60. The maximum Gasteiger partial charge on any atom is 0.0570 e. The van der Waals surface area contributed by atoms with Gasteiger partial charge in [-0.25, -0.2) is 0 Å². The van der Waals surface area contributed by atoms with E-state index < -0.39 is 0 Å². The second-order valence-corrected chi connectivity index (χ2v) is 5.26. The van der Waals surface area contributed by atoms with Crippen LogP contribution in [0.3, 0.4) is 0 Å². The van der Waals surface area contributed by atoms with Crippen LogP contribution in [0.2, 0.25) is 0 Å². The Morgan fingerprint density at radius 1 is 1.47 bits per heavy atom. The molecule has 1 fully saturated rings. The number of nitrogens with one attached hydrogen (secondary N) is 1. The van der Waals surface area contributed by atoms with E-state index in [0.717, 1.165) is 6.54 Å². The average molecular weight is 222 g/mol. The van der Waals surface area contributed by atoms with Crippen molar-refractivity contribution in [3.05, 3.63) is 29.6 Å². The van der Waals surface area contributed by atoms with Gasteiger partial charge in [-0.2, -0.15) is 11.8 Å². The molecule has 0 amide bonds. The van der Waals surface area contributed by atoms with Crippen molar-refractivity contribution < 1.29 is 0 Å². The number of aryl methyl sites for hydroxylation is 1. The van der Waals surface area contributed by atoms with Gasteiger partial charge < -0.3 is 5.32 Å². The Morgan fingerprint density at radius 3 is 3.00 bits per heavy atom. The quantitative estimate of drug-likeness (QED) is 0.850. The highest BCUT2D eigenvalue weighted by Gasteiger charge is 2.13. The number of thioether (sulfide) groups is 1.